The van der Waals surface area contributed by atoms with Crippen molar-refractivity contribution in [1.29, 1.82) is 0 Å². The van der Waals surface area contributed by atoms with E-state index in [0.717, 1.165) is 49.1 Å². The standard InChI is InChI=1S/C19H31N3OS/c1-3-18-21-14(2)17(24-18)13-20-19(23)15-9-11-22(12-10-15)16-7-5-4-6-8-16/h15-16H,3-13H2,1-2H3,(H,20,23). The Balaban J connectivity index is 1.44. The normalized spacial score (nSPS) is 21.1. The highest BCUT2D eigenvalue weighted by atomic mass is 32.1. The number of carbonyl (C=O) groups excluding carboxylic acids is 1. The summed E-state index contributed by atoms with van der Waals surface area (Å²) in [5.74, 6) is 0.438. The van der Waals surface area contributed by atoms with Gasteiger partial charge in [0.2, 0.25) is 5.91 Å². The summed E-state index contributed by atoms with van der Waals surface area (Å²) < 4.78 is 0. The lowest BCUT2D eigenvalue weighted by molar-refractivity contribution is -0.126. The van der Waals surface area contributed by atoms with Crippen LogP contribution in [-0.4, -0.2) is 34.9 Å². The van der Waals surface area contributed by atoms with Gasteiger partial charge in [0.05, 0.1) is 17.2 Å². The first-order valence-corrected chi connectivity index (χ1v) is 10.5. The molecule has 2 fully saturated rings. The third kappa shape index (κ3) is 4.37. The van der Waals surface area contributed by atoms with Crippen molar-refractivity contribution >= 4 is 17.2 Å². The van der Waals surface area contributed by atoms with E-state index in [1.807, 2.05) is 6.92 Å². The summed E-state index contributed by atoms with van der Waals surface area (Å²) in [6.07, 6.45) is 9.92. The van der Waals surface area contributed by atoms with Crippen LogP contribution in [0.5, 0.6) is 0 Å². The predicted octanol–water partition coefficient (Wildman–Crippen LogP) is 3.67. The second-order valence-corrected chi connectivity index (χ2v) is 8.46. The number of aromatic nitrogens is 1. The minimum absolute atomic E-state index is 0.198. The number of nitrogens with one attached hydrogen (secondary N) is 1. The molecule has 4 nitrogen and oxygen atoms in total. The summed E-state index contributed by atoms with van der Waals surface area (Å²) in [6.45, 7) is 7.01. The molecule has 3 rings (SSSR count). The van der Waals surface area contributed by atoms with E-state index < -0.39 is 0 Å². The third-order valence-corrected chi connectivity index (χ3v) is 6.96. The summed E-state index contributed by atoms with van der Waals surface area (Å²) in [7, 11) is 0. The van der Waals surface area contributed by atoms with Crippen LogP contribution in [0.3, 0.4) is 0 Å². The average Bonchev–Trinajstić information content (AvgIpc) is 3.00. The molecule has 0 radical (unpaired) electrons. The highest BCUT2D eigenvalue weighted by molar-refractivity contribution is 7.11. The first kappa shape index (κ1) is 17.9. The van der Waals surface area contributed by atoms with Crippen molar-refractivity contribution in [3.63, 3.8) is 0 Å². The Morgan fingerprint density at radius 2 is 1.92 bits per heavy atom. The highest BCUT2D eigenvalue weighted by Gasteiger charge is 2.29. The second kappa shape index (κ2) is 8.43. The van der Waals surface area contributed by atoms with Gasteiger partial charge in [-0.05, 0) is 52.1 Å². The molecular weight excluding hydrogens is 318 g/mol. The number of rotatable bonds is 5. The van der Waals surface area contributed by atoms with Crippen molar-refractivity contribution in [3.8, 4) is 0 Å². The minimum atomic E-state index is 0.198. The molecule has 1 saturated heterocycles. The van der Waals surface area contributed by atoms with Crippen LogP contribution in [-0.2, 0) is 17.8 Å². The van der Waals surface area contributed by atoms with Gasteiger partial charge in [0.1, 0.15) is 0 Å². The molecule has 0 bridgehead atoms. The van der Waals surface area contributed by atoms with Gasteiger partial charge in [0.25, 0.3) is 0 Å². The molecule has 0 aromatic carbocycles. The number of thiazole rings is 1. The van der Waals surface area contributed by atoms with Gasteiger partial charge in [-0.1, -0.05) is 26.2 Å². The lowest BCUT2D eigenvalue weighted by atomic mass is 9.90. The molecule has 2 heterocycles. The smallest absolute Gasteiger partial charge is 0.223 e. The first-order chi connectivity index (χ1) is 11.7. The maximum Gasteiger partial charge on any atom is 0.223 e. The molecule has 1 aromatic rings. The Morgan fingerprint density at radius 3 is 2.54 bits per heavy atom. The van der Waals surface area contributed by atoms with Gasteiger partial charge in [-0.3, -0.25) is 4.79 Å². The number of hydrogen-bond acceptors (Lipinski definition) is 4. The van der Waals surface area contributed by atoms with Gasteiger partial charge >= 0.3 is 0 Å². The SMILES string of the molecule is CCc1nc(C)c(CNC(=O)C2CCN(C3CCCCC3)CC2)s1. The Kier molecular flexibility index (Phi) is 6.28. The molecule has 5 heteroatoms. The average molecular weight is 350 g/mol. The molecule has 2 aliphatic rings. The number of hydrogen-bond donors (Lipinski definition) is 1. The maximum absolute atomic E-state index is 12.5. The van der Waals surface area contributed by atoms with Gasteiger partial charge in [0.15, 0.2) is 0 Å². The number of amides is 1. The third-order valence-electron chi connectivity index (χ3n) is 5.65. The number of piperidine rings is 1. The summed E-state index contributed by atoms with van der Waals surface area (Å²) in [4.78, 5) is 20.9. The van der Waals surface area contributed by atoms with Crippen LogP contribution in [0.4, 0.5) is 0 Å². The van der Waals surface area contributed by atoms with Crippen LogP contribution in [0, 0.1) is 12.8 Å². The van der Waals surface area contributed by atoms with Crippen LogP contribution in [0.25, 0.3) is 0 Å². The molecule has 1 amide bonds. The van der Waals surface area contributed by atoms with E-state index in [9.17, 15) is 4.79 Å². The van der Waals surface area contributed by atoms with Gasteiger partial charge in [-0.25, -0.2) is 4.98 Å². The fraction of sp³-hybridized carbons (Fsp3) is 0.789. The number of carbonyl (C=O) groups is 1. The molecule has 1 aromatic heterocycles. The molecule has 1 saturated carbocycles. The molecule has 0 atom stereocenters. The zero-order valence-corrected chi connectivity index (χ0v) is 16.0. The lowest BCUT2D eigenvalue weighted by Gasteiger charge is -2.38. The Hall–Kier alpha value is -0.940. The largest absolute Gasteiger partial charge is 0.351 e. The predicted molar refractivity (Wildman–Crippen MR) is 99.2 cm³/mol. The van der Waals surface area contributed by atoms with E-state index in [1.54, 1.807) is 11.3 Å². The summed E-state index contributed by atoms with van der Waals surface area (Å²) in [6, 6.07) is 0.787. The monoisotopic (exact) mass is 349 g/mol. The van der Waals surface area contributed by atoms with Gasteiger partial charge in [0, 0.05) is 16.8 Å². The zero-order valence-electron chi connectivity index (χ0n) is 15.1. The van der Waals surface area contributed by atoms with Crippen LogP contribution in [0.15, 0.2) is 0 Å². The van der Waals surface area contributed by atoms with E-state index in [2.05, 4.69) is 22.1 Å². The number of aryl methyl sites for hydroxylation is 2. The van der Waals surface area contributed by atoms with E-state index in [4.69, 9.17) is 0 Å². The fourth-order valence-corrected chi connectivity index (χ4v) is 5.04. The van der Waals surface area contributed by atoms with Crippen LogP contribution < -0.4 is 5.32 Å². The molecule has 134 valence electrons. The Labute approximate surface area is 150 Å². The van der Waals surface area contributed by atoms with Crippen molar-refractivity contribution < 1.29 is 4.79 Å². The van der Waals surface area contributed by atoms with Crippen molar-refractivity contribution in [2.45, 2.75) is 77.8 Å². The van der Waals surface area contributed by atoms with Crippen molar-refractivity contribution in [3.05, 3.63) is 15.6 Å². The van der Waals surface area contributed by atoms with Crippen molar-refractivity contribution in [1.82, 2.24) is 15.2 Å². The van der Waals surface area contributed by atoms with Crippen LogP contribution >= 0.6 is 11.3 Å². The van der Waals surface area contributed by atoms with E-state index in [1.165, 1.54) is 37.0 Å². The molecule has 1 aliphatic heterocycles. The molecule has 24 heavy (non-hydrogen) atoms. The van der Waals surface area contributed by atoms with Crippen molar-refractivity contribution in [2.75, 3.05) is 13.1 Å². The quantitative estimate of drug-likeness (QED) is 0.882. The zero-order chi connectivity index (χ0) is 16.9. The summed E-state index contributed by atoms with van der Waals surface area (Å²) >= 11 is 1.73. The Bertz CT molecular complexity index is 543. The van der Waals surface area contributed by atoms with Gasteiger partial charge in [-0.2, -0.15) is 0 Å². The van der Waals surface area contributed by atoms with Crippen LogP contribution in [0.1, 0.15) is 67.4 Å². The van der Waals surface area contributed by atoms with Crippen LogP contribution in [0.2, 0.25) is 0 Å². The van der Waals surface area contributed by atoms with Crippen molar-refractivity contribution in [2.24, 2.45) is 5.92 Å². The number of nitrogens with zero attached hydrogens (tertiary/aromatic N) is 2. The molecule has 0 spiro atoms. The molecular formula is C19H31N3OS. The maximum atomic E-state index is 12.5. The number of likely N-dealkylation sites (tertiary alicyclic amines) is 1. The van der Waals surface area contributed by atoms with E-state index in [0.29, 0.717) is 6.54 Å². The molecule has 0 unspecified atom stereocenters. The van der Waals surface area contributed by atoms with Gasteiger partial charge < -0.3 is 10.2 Å². The summed E-state index contributed by atoms with van der Waals surface area (Å²) in [5.41, 5.74) is 1.07. The molecule has 1 N–H and O–H groups in total. The fourth-order valence-electron chi connectivity index (χ4n) is 4.09. The van der Waals surface area contributed by atoms with E-state index in [-0.39, 0.29) is 11.8 Å². The topological polar surface area (TPSA) is 45.2 Å². The molecule has 1 aliphatic carbocycles. The second-order valence-electron chi connectivity index (χ2n) is 7.29. The highest BCUT2D eigenvalue weighted by Crippen LogP contribution is 2.27. The lowest BCUT2D eigenvalue weighted by Crippen LogP contribution is -2.45. The summed E-state index contributed by atoms with van der Waals surface area (Å²) in [5, 5.41) is 4.32. The van der Waals surface area contributed by atoms with E-state index >= 15 is 0 Å². The van der Waals surface area contributed by atoms with Gasteiger partial charge in [-0.15, -0.1) is 11.3 Å². The Morgan fingerprint density at radius 1 is 1.21 bits per heavy atom. The first-order valence-electron chi connectivity index (χ1n) is 9.64. The minimum Gasteiger partial charge on any atom is -0.351 e.